The summed E-state index contributed by atoms with van der Waals surface area (Å²) in [6.45, 7) is 1.62. The molecule has 2 N–H and O–H groups in total. The summed E-state index contributed by atoms with van der Waals surface area (Å²) in [5.74, 6) is 5.08. The molecule has 2 aromatic rings. The largest absolute Gasteiger partial charge is 0.384 e. The Morgan fingerprint density at radius 3 is 2.90 bits per heavy atom. The lowest BCUT2D eigenvalue weighted by molar-refractivity contribution is 0.102. The number of anilines is 1. The van der Waals surface area contributed by atoms with Crippen LogP contribution in [0.1, 0.15) is 21.6 Å². The molecule has 0 unspecified atom stereocenters. The fourth-order valence-electron chi connectivity index (χ4n) is 1.75. The fraction of sp³-hybridized carbons (Fsp3) is 0.125. The van der Waals surface area contributed by atoms with Gasteiger partial charge in [-0.2, -0.15) is 0 Å². The monoisotopic (exact) mass is 266 g/mol. The van der Waals surface area contributed by atoms with Crippen LogP contribution in [0.25, 0.3) is 0 Å². The fourth-order valence-corrected chi connectivity index (χ4v) is 1.75. The van der Waals surface area contributed by atoms with Crippen LogP contribution in [-0.2, 0) is 0 Å². The number of rotatable bonds is 2. The Balaban J connectivity index is 2.25. The zero-order valence-corrected chi connectivity index (χ0v) is 11.1. The summed E-state index contributed by atoms with van der Waals surface area (Å²) >= 11 is 0. The number of aliphatic hydroxyl groups excluding tert-OH is 1. The topological polar surface area (TPSA) is 62.2 Å². The van der Waals surface area contributed by atoms with Crippen molar-refractivity contribution in [1.82, 2.24) is 4.98 Å². The second-order valence-electron chi connectivity index (χ2n) is 4.15. The predicted molar refractivity (Wildman–Crippen MR) is 77.3 cm³/mol. The van der Waals surface area contributed by atoms with Crippen molar-refractivity contribution in [1.29, 1.82) is 0 Å². The molecule has 1 aromatic carbocycles. The number of benzene rings is 1. The van der Waals surface area contributed by atoms with Gasteiger partial charge in [0.1, 0.15) is 6.61 Å². The van der Waals surface area contributed by atoms with E-state index in [4.69, 9.17) is 5.11 Å². The van der Waals surface area contributed by atoms with E-state index in [1.165, 1.54) is 0 Å². The molecule has 0 atom stereocenters. The molecule has 0 aliphatic carbocycles. The smallest absolute Gasteiger partial charge is 0.256 e. The van der Waals surface area contributed by atoms with E-state index < -0.39 is 0 Å². The van der Waals surface area contributed by atoms with Gasteiger partial charge in [0.05, 0.1) is 5.56 Å². The highest BCUT2D eigenvalue weighted by molar-refractivity contribution is 6.05. The highest BCUT2D eigenvalue weighted by Crippen LogP contribution is 2.12. The molecule has 0 spiro atoms. The van der Waals surface area contributed by atoms with Gasteiger partial charge in [0.25, 0.3) is 5.91 Å². The Hall–Kier alpha value is -2.64. The van der Waals surface area contributed by atoms with Crippen molar-refractivity contribution in [3.8, 4) is 11.8 Å². The van der Waals surface area contributed by atoms with Crippen molar-refractivity contribution in [2.45, 2.75) is 6.92 Å². The van der Waals surface area contributed by atoms with Crippen LogP contribution in [-0.4, -0.2) is 22.6 Å². The number of aromatic nitrogens is 1. The lowest BCUT2D eigenvalue weighted by atomic mass is 10.1. The number of aliphatic hydroxyl groups is 1. The van der Waals surface area contributed by atoms with Crippen molar-refractivity contribution < 1.29 is 9.90 Å². The van der Waals surface area contributed by atoms with Gasteiger partial charge in [0.15, 0.2) is 0 Å². The third-order valence-corrected chi connectivity index (χ3v) is 2.63. The summed E-state index contributed by atoms with van der Waals surface area (Å²) in [4.78, 5) is 16.3. The van der Waals surface area contributed by atoms with Crippen LogP contribution in [0.2, 0.25) is 0 Å². The molecular weight excluding hydrogens is 252 g/mol. The maximum atomic E-state index is 12.2. The number of amides is 1. The first-order valence-corrected chi connectivity index (χ1v) is 6.13. The van der Waals surface area contributed by atoms with Crippen LogP contribution in [0.5, 0.6) is 0 Å². The second-order valence-corrected chi connectivity index (χ2v) is 4.15. The van der Waals surface area contributed by atoms with Gasteiger partial charge in [0, 0.05) is 23.1 Å². The van der Waals surface area contributed by atoms with Gasteiger partial charge in [-0.15, -0.1) is 0 Å². The molecule has 100 valence electrons. The van der Waals surface area contributed by atoms with Crippen molar-refractivity contribution in [3.05, 3.63) is 59.4 Å². The summed E-state index contributed by atoms with van der Waals surface area (Å²) in [6, 6.07) is 10.5. The molecule has 1 aromatic heterocycles. The molecular formula is C16H14N2O2. The first-order chi connectivity index (χ1) is 9.70. The molecule has 2 rings (SSSR count). The molecule has 0 fully saturated rings. The van der Waals surface area contributed by atoms with Crippen molar-refractivity contribution in [2.24, 2.45) is 0 Å². The van der Waals surface area contributed by atoms with Crippen molar-refractivity contribution in [2.75, 3.05) is 11.9 Å². The Morgan fingerprint density at radius 2 is 2.15 bits per heavy atom. The van der Waals surface area contributed by atoms with E-state index in [-0.39, 0.29) is 12.5 Å². The zero-order chi connectivity index (χ0) is 14.4. The molecule has 1 amide bonds. The van der Waals surface area contributed by atoms with Gasteiger partial charge in [-0.1, -0.05) is 24.0 Å². The maximum Gasteiger partial charge on any atom is 0.256 e. The normalized spacial score (nSPS) is 9.50. The summed E-state index contributed by atoms with van der Waals surface area (Å²) in [7, 11) is 0. The van der Waals surface area contributed by atoms with E-state index >= 15 is 0 Å². The third kappa shape index (κ3) is 3.44. The van der Waals surface area contributed by atoms with Gasteiger partial charge in [0.2, 0.25) is 0 Å². The standard InChI is InChI=1S/C16H14N2O2/c1-12-11-14(8-9-17-12)18-16(20)15-7-3-2-5-13(15)6-4-10-19/h2-3,5,7-9,11,19H,10H2,1H3,(H,17,18,20). The lowest BCUT2D eigenvalue weighted by Crippen LogP contribution is -2.13. The molecule has 0 aliphatic heterocycles. The van der Waals surface area contributed by atoms with Crippen LogP contribution in [0.15, 0.2) is 42.6 Å². The van der Waals surface area contributed by atoms with Crippen molar-refractivity contribution >= 4 is 11.6 Å². The molecule has 4 heteroatoms. The minimum atomic E-state index is -0.238. The first kappa shape index (κ1) is 13.8. The highest BCUT2D eigenvalue weighted by atomic mass is 16.2. The van der Waals surface area contributed by atoms with E-state index in [9.17, 15) is 4.79 Å². The maximum absolute atomic E-state index is 12.2. The van der Waals surface area contributed by atoms with E-state index in [0.29, 0.717) is 16.8 Å². The first-order valence-electron chi connectivity index (χ1n) is 6.13. The van der Waals surface area contributed by atoms with E-state index in [1.54, 1.807) is 42.6 Å². The molecule has 0 aliphatic rings. The van der Waals surface area contributed by atoms with E-state index in [1.807, 2.05) is 6.92 Å². The molecule has 0 saturated carbocycles. The number of pyridine rings is 1. The quantitative estimate of drug-likeness (QED) is 0.817. The predicted octanol–water partition coefficient (Wildman–Crippen LogP) is 1.99. The van der Waals surface area contributed by atoms with E-state index in [2.05, 4.69) is 22.1 Å². The molecule has 20 heavy (non-hydrogen) atoms. The summed E-state index contributed by atoms with van der Waals surface area (Å²) in [5, 5.41) is 11.5. The lowest BCUT2D eigenvalue weighted by Gasteiger charge is -2.07. The minimum absolute atomic E-state index is 0.237. The Kier molecular flexibility index (Phi) is 4.48. The molecule has 0 radical (unpaired) electrons. The number of hydrogen-bond donors (Lipinski definition) is 2. The third-order valence-electron chi connectivity index (χ3n) is 2.63. The average molecular weight is 266 g/mol. The van der Waals surface area contributed by atoms with Gasteiger partial charge in [-0.3, -0.25) is 9.78 Å². The number of carbonyl (C=O) groups is 1. The zero-order valence-electron chi connectivity index (χ0n) is 11.1. The molecule has 0 saturated heterocycles. The Labute approximate surface area is 117 Å². The van der Waals surface area contributed by atoms with Crippen LogP contribution in [0.3, 0.4) is 0 Å². The minimum Gasteiger partial charge on any atom is -0.384 e. The van der Waals surface area contributed by atoms with Gasteiger partial charge < -0.3 is 10.4 Å². The Bertz CT molecular complexity index is 684. The summed E-state index contributed by atoms with van der Waals surface area (Å²) < 4.78 is 0. The highest BCUT2D eigenvalue weighted by Gasteiger charge is 2.09. The molecule has 4 nitrogen and oxygen atoms in total. The number of carbonyl (C=O) groups excluding carboxylic acids is 1. The molecule has 1 heterocycles. The van der Waals surface area contributed by atoms with Gasteiger partial charge >= 0.3 is 0 Å². The average Bonchev–Trinajstić information content (AvgIpc) is 2.45. The number of nitrogens with one attached hydrogen (secondary N) is 1. The van der Waals surface area contributed by atoms with Gasteiger partial charge in [-0.25, -0.2) is 0 Å². The van der Waals surface area contributed by atoms with Gasteiger partial charge in [-0.05, 0) is 31.2 Å². The molecule has 0 bridgehead atoms. The van der Waals surface area contributed by atoms with E-state index in [0.717, 1.165) is 5.69 Å². The van der Waals surface area contributed by atoms with Crippen molar-refractivity contribution in [3.63, 3.8) is 0 Å². The number of hydrogen-bond acceptors (Lipinski definition) is 3. The van der Waals surface area contributed by atoms with Crippen LogP contribution in [0.4, 0.5) is 5.69 Å². The van der Waals surface area contributed by atoms with Crippen LogP contribution >= 0.6 is 0 Å². The van der Waals surface area contributed by atoms with Crippen LogP contribution < -0.4 is 5.32 Å². The second kappa shape index (κ2) is 6.50. The number of nitrogens with zero attached hydrogens (tertiary/aromatic N) is 1. The number of aryl methyl sites for hydroxylation is 1. The summed E-state index contributed by atoms with van der Waals surface area (Å²) in [6.07, 6.45) is 1.64. The SMILES string of the molecule is Cc1cc(NC(=O)c2ccccc2C#CCO)ccn1. The Morgan fingerprint density at radius 1 is 1.35 bits per heavy atom. The summed E-state index contributed by atoms with van der Waals surface area (Å²) in [5.41, 5.74) is 2.58. The van der Waals surface area contributed by atoms with Crippen LogP contribution in [0, 0.1) is 18.8 Å².